The first kappa shape index (κ1) is 14.5. The molecule has 0 N–H and O–H groups in total. The Bertz CT molecular complexity index is 541. The molecule has 1 saturated heterocycles. The van der Waals surface area contributed by atoms with Gasteiger partial charge in [0, 0.05) is 23.7 Å². The number of carbonyl (C=O) groups excluding carboxylic acids is 3. The quantitative estimate of drug-likeness (QED) is 0.630. The molecule has 20 heavy (non-hydrogen) atoms. The average Bonchev–Trinajstić information content (AvgIpc) is 2.41. The highest BCUT2D eigenvalue weighted by Crippen LogP contribution is 2.24. The second kappa shape index (κ2) is 6.05. The van der Waals surface area contributed by atoms with Gasteiger partial charge in [0.25, 0.3) is 0 Å². The number of nitrogens with zero attached hydrogens (tertiary/aromatic N) is 1. The molecule has 106 valence electrons. The minimum atomic E-state index is -1.35. The molecule has 1 fully saturated rings. The van der Waals surface area contributed by atoms with Crippen LogP contribution in [-0.4, -0.2) is 30.8 Å². The van der Waals surface area contributed by atoms with Crippen molar-refractivity contribution in [1.29, 1.82) is 0 Å². The van der Waals surface area contributed by atoms with Crippen LogP contribution in [-0.2, 0) is 19.1 Å². The predicted octanol–water partition coefficient (Wildman–Crippen LogP) is 1.83. The van der Waals surface area contributed by atoms with Crippen LogP contribution in [0.3, 0.4) is 0 Å². The van der Waals surface area contributed by atoms with E-state index < -0.39 is 23.6 Å². The van der Waals surface area contributed by atoms with Crippen molar-refractivity contribution in [2.75, 3.05) is 18.1 Å². The summed E-state index contributed by atoms with van der Waals surface area (Å²) in [6.45, 7) is 2.03. The number of Topliss-reactive ketones (excluding diaryl/α,β-unsaturated/α-hetero) is 1. The van der Waals surface area contributed by atoms with Crippen LogP contribution in [0.2, 0.25) is 5.02 Å². The zero-order chi connectivity index (χ0) is 14.7. The van der Waals surface area contributed by atoms with Crippen molar-refractivity contribution in [1.82, 2.24) is 0 Å². The minimum Gasteiger partial charge on any atom is -0.465 e. The van der Waals surface area contributed by atoms with Gasteiger partial charge in [-0.25, -0.2) is 0 Å². The number of halogens is 1. The topological polar surface area (TPSA) is 63.7 Å². The largest absolute Gasteiger partial charge is 0.465 e. The van der Waals surface area contributed by atoms with Crippen LogP contribution < -0.4 is 4.90 Å². The van der Waals surface area contributed by atoms with Crippen molar-refractivity contribution in [3.05, 3.63) is 29.3 Å². The van der Waals surface area contributed by atoms with E-state index >= 15 is 0 Å². The van der Waals surface area contributed by atoms with Crippen LogP contribution in [0.25, 0.3) is 0 Å². The van der Waals surface area contributed by atoms with Crippen molar-refractivity contribution < 1.29 is 19.1 Å². The third-order valence-electron chi connectivity index (χ3n) is 3.08. The first-order valence-electron chi connectivity index (χ1n) is 6.31. The number of hydrogen-bond acceptors (Lipinski definition) is 4. The van der Waals surface area contributed by atoms with E-state index in [-0.39, 0.29) is 19.6 Å². The fraction of sp³-hybridized carbons (Fsp3) is 0.357. The Morgan fingerprint density at radius 3 is 2.60 bits per heavy atom. The van der Waals surface area contributed by atoms with E-state index in [0.717, 1.165) is 0 Å². The Kier molecular flexibility index (Phi) is 4.39. The second-order valence-corrected chi connectivity index (χ2v) is 4.80. The number of carbonyl (C=O) groups is 3. The third kappa shape index (κ3) is 2.82. The van der Waals surface area contributed by atoms with Crippen LogP contribution in [0.4, 0.5) is 5.69 Å². The van der Waals surface area contributed by atoms with Crippen molar-refractivity contribution in [2.45, 2.75) is 13.3 Å². The van der Waals surface area contributed by atoms with Gasteiger partial charge >= 0.3 is 5.97 Å². The number of esters is 1. The highest BCUT2D eigenvalue weighted by atomic mass is 35.5. The summed E-state index contributed by atoms with van der Waals surface area (Å²) in [5, 5.41) is 0.552. The first-order chi connectivity index (χ1) is 9.54. The lowest BCUT2D eigenvalue weighted by Crippen LogP contribution is -2.49. The minimum absolute atomic E-state index is 0.136. The Morgan fingerprint density at radius 2 is 2.00 bits per heavy atom. The summed E-state index contributed by atoms with van der Waals surface area (Å²) in [7, 11) is 0. The van der Waals surface area contributed by atoms with E-state index in [1.807, 2.05) is 0 Å². The maximum Gasteiger partial charge on any atom is 0.326 e. The van der Waals surface area contributed by atoms with E-state index in [2.05, 4.69) is 0 Å². The molecular formula is C14H14ClNO4. The molecule has 0 saturated carbocycles. The molecular weight excluding hydrogens is 282 g/mol. The molecule has 1 aliphatic rings. The van der Waals surface area contributed by atoms with Gasteiger partial charge in [0.15, 0.2) is 11.7 Å². The lowest BCUT2D eigenvalue weighted by molar-refractivity contribution is -0.155. The average molecular weight is 296 g/mol. The van der Waals surface area contributed by atoms with E-state index in [1.165, 1.54) is 4.90 Å². The molecule has 1 atom stereocenters. The smallest absolute Gasteiger partial charge is 0.326 e. The van der Waals surface area contributed by atoms with Gasteiger partial charge in [0.2, 0.25) is 5.91 Å². The predicted molar refractivity (Wildman–Crippen MR) is 73.6 cm³/mol. The zero-order valence-electron chi connectivity index (χ0n) is 11.0. The summed E-state index contributed by atoms with van der Waals surface area (Å²) < 4.78 is 4.80. The molecule has 1 amide bonds. The summed E-state index contributed by atoms with van der Waals surface area (Å²) in [4.78, 5) is 37.2. The maximum atomic E-state index is 12.3. The fourth-order valence-electron chi connectivity index (χ4n) is 2.11. The lowest BCUT2D eigenvalue weighted by Gasteiger charge is -2.30. The van der Waals surface area contributed by atoms with Gasteiger partial charge in [-0.15, -0.1) is 0 Å². The van der Waals surface area contributed by atoms with Crippen molar-refractivity contribution in [3.8, 4) is 0 Å². The summed E-state index contributed by atoms with van der Waals surface area (Å²) in [6, 6.07) is 6.66. The molecule has 1 unspecified atom stereocenters. The normalized spacial score (nSPS) is 19.1. The zero-order valence-corrected chi connectivity index (χ0v) is 11.7. The summed E-state index contributed by atoms with van der Waals surface area (Å²) >= 11 is 5.80. The summed E-state index contributed by atoms with van der Waals surface area (Å²) in [5.41, 5.74) is 0.612. The van der Waals surface area contributed by atoms with Crippen LogP contribution in [0.15, 0.2) is 24.3 Å². The Labute approximate surface area is 121 Å². The van der Waals surface area contributed by atoms with Crippen LogP contribution in [0.5, 0.6) is 0 Å². The van der Waals surface area contributed by atoms with Gasteiger partial charge < -0.3 is 9.64 Å². The van der Waals surface area contributed by atoms with Crippen molar-refractivity contribution >= 4 is 34.9 Å². The van der Waals surface area contributed by atoms with Gasteiger partial charge in [0.05, 0.1) is 6.61 Å². The molecule has 0 bridgehead atoms. The number of benzene rings is 1. The molecule has 1 aromatic rings. The summed E-state index contributed by atoms with van der Waals surface area (Å²) in [6.07, 6.45) is 0.137. The molecule has 1 aliphatic heterocycles. The molecule has 5 nitrogen and oxygen atoms in total. The number of piperidine rings is 1. The fourth-order valence-corrected chi connectivity index (χ4v) is 2.23. The van der Waals surface area contributed by atoms with Gasteiger partial charge in [-0.3, -0.25) is 14.4 Å². The molecule has 1 aromatic carbocycles. The lowest BCUT2D eigenvalue weighted by atomic mass is 9.95. The number of ketones is 1. The van der Waals surface area contributed by atoms with Gasteiger partial charge in [-0.05, 0) is 31.2 Å². The molecule has 0 spiro atoms. The molecule has 0 aromatic heterocycles. The second-order valence-electron chi connectivity index (χ2n) is 4.37. The van der Waals surface area contributed by atoms with Gasteiger partial charge in [-0.1, -0.05) is 11.6 Å². The monoisotopic (exact) mass is 295 g/mol. The number of amides is 1. The van der Waals surface area contributed by atoms with Gasteiger partial charge in [-0.2, -0.15) is 0 Å². The molecule has 6 heteroatoms. The van der Waals surface area contributed by atoms with E-state index in [0.29, 0.717) is 10.7 Å². The van der Waals surface area contributed by atoms with E-state index in [1.54, 1.807) is 31.2 Å². The Balaban J connectivity index is 2.24. The Morgan fingerprint density at radius 1 is 1.35 bits per heavy atom. The molecule has 0 radical (unpaired) electrons. The van der Waals surface area contributed by atoms with E-state index in [9.17, 15) is 14.4 Å². The highest BCUT2D eigenvalue weighted by Gasteiger charge is 2.42. The SMILES string of the molecule is CCOC(=O)C1C(=O)CCN(c2ccc(Cl)cc2)C1=O. The number of ether oxygens (including phenoxy) is 1. The maximum absolute atomic E-state index is 12.3. The van der Waals surface area contributed by atoms with Crippen LogP contribution in [0.1, 0.15) is 13.3 Å². The highest BCUT2D eigenvalue weighted by molar-refractivity contribution is 6.30. The standard InChI is InChI=1S/C14H14ClNO4/c1-2-20-14(19)12-11(17)7-8-16(13(12)18)10-5-3-9(15)4-6-10/h3-6,12H,2,7-8H2,1H3. The number of anilines is 1. The van der Waals surface area contributed by atoms with Crippen molar-refractivity contribution in [3.63, 3.8) is 0 Å². The molecule has 2 rings (SSSR count). The van der Waals surface area contributed by atoms with Crippen molar-refractivity contribution in [2.24, 2.45) is 5.92 Å². The number of hydrogen-bond donors (Lipinski definition) is 0. The summed E-state index contributed by atoms with van der Waals surface area (Å²) in [5.74, 6) is -3.05. The van der Waals surface area contributed by atoms with E-state index in [4.69, 9.17) is 16.3 Å². The van der Waals surface area contributed by atoms with Crippen LogP contribution in [0, 0.1) is 5.92 Å². The Hall–Kier alpha value is -1.88. The van der Waals surface area contributed by atoms with Crippen LogP contribution >= 0.6 is 11.6 Å². The molecule has 0 aliphatic carbocycles. The number of rotatable bonds is 3. The first-order valence-corrected chi connectivity index (χ1v) is 6.68. The van der Waals surface area contributed by atoms with Gasteiger partial charge in [0.1, 0.15) is 0 Å². The molecule has 1 heterocycles. The third-order valence-corrected chi connectivity index (χ3v) is 3.33.